The number of fused-ring (bicyclic) bond motifs is 1. The predicted octanol–water partition coefficient (Wildman–Crippen LogP) is 5.20. The lowest BCUT2D eigenvalue weighted by molar-refractivity contribution is -0.166. The Morgan fingerprint density at radius 1 is 1.27 bits per heavy atom. The lowest BCUT2D eigenvalue weighted by Gasteiger charge is -2.43. The predicted molar refractivity (Wildman–Crippen MR) is 129 cm³/mol. The van der Waals surface area contributed by atoms with Gasteiger partial charge in [0.1, 0.15) is 5.60 Å². The Balaban J connectivity index is 1.60. The van der Waals surface area contributed by atoms with Crippen LogP contribution in [0.5, 0.6) is 0 Å². The Hall–Kier alpha value is -1.99. The van der Waals surface area contributed by atoms with Crippen LogP contribution in [0.1, 0.15) is 77.7 Å². The molecule has 1 aromatic carbocycles. The van der Waals surface area contributed by atoms with Crippen molar-refractivity contribution in [2.75, 3.05) is 6.54 Å². The third-order valence-electron chi connectivity index (χ3n) is 7.95. The van der Waals surface area contributed by atoms with Gasteiger partial charge in [-0.2, -0.15) is 0 Å². The molecular formula is C26H40F2N4O. The molecule has 3 unspecified atom stereocenters. The van der Waals surface area contributed by atoms with Crippen molar-refractivity contribution in [2.24, 2.45) is 33.9 Å². The number of hydrazone groups is 1. The highest BCUT2D eigenvalue weighted by Gasteiger charge is 2.49. The van der Waals surface area contributed by atoms with Crippen LogP contribution in [0.4, 0.5) is 8.78 Å². The Morgan fingerprint density at radius 3 is 2.64 bits per heavy atom. The molecule has 2 fully saturated rings. The van der Waals surface area contributed by atoms with Gasteiger partial charge >= 0.3 is 0 Å². The van der Waals surface area contributed by atoms with Crippen LogP contribution in [-0.2, 0) is 0 Å². The van der Waals surface area contributed by atoms with Gasteiger partial charge in [-0.15, -0.1) is 5.10 Å². The molecule has 1 aromatic rings. The van der Waals surface area contributed by atoms with E-state index < -0.39 is 11.5 Å². The first kappa shape index (κ1) is 25.6. The van der Waals surface area contributed by atoms with Crippen molar-refractivity contribution in [1.29, 1.82) is 0 Å². The van der Waals surface area contributed by atoms with Crippen LogP contribution in [-0.4, -0.2) is 34.1 Å². The maximum atomic E-state index is 14.2. The van der Waals surface area contributed by atoms with Crippen molar-refractivity contribution in [1.82, 2.24) is 5.12 Å². The number of allylic oxidation sites excluding steroid dienone is 1. The van der Waals surface area contributed by atoms with Crippen molar-refractivity contribution in [2.45, 2.75) is 83.7 Å². The van der Waals surface area contributed by atoms with Gasteiger partial charge in [-0.1, -0.05) is 48.9 Å². The number of amidine groups is 1. The monoisotopic (exact) mass is 462 g/mol. The average Bonchev–Trinajstić information content (AvgIpc) is 3.08. The van der Waals surface area contributed by atoms with Gasteiger partial charge in [0.2, 0.25) is 0 Å². The van der Waals surface area contributed by atoms with Crippen molar-refractivity contribution >= 4 is 5.84 Å². The van der Waals surface area contributed by atoms with E-state index >= 15 is 0 Å². The summed E-state index contributed by atoms with van der Waals surface area (Å²) in [5.41, 5.74) is 6.48. The largest absolute Gasteiger partial charge is 0.384 e. The quantitative estimate of drug-likeness (QED) is 0.155. The van der Waals surface area contributed by atoms with E-state index in [0.717, 1.165) is 44.1 Å². The normalized spacial score (nSPS) is 27.6. The van der Waals surface area contributed by atoms with E-state index in [9.17, 15) is 13.9 Å². The molecule has 7 heteroatoms. The Bertz CT molecular complexity index is 850. The summed E-state index contributed by atoms with van der Waals surface area (Å²) in [7, 11) is 0. The molecule has 0 bridgehead atoms. The number of alkyl halides is 2. The minimum absolute atomic E-state index is 0.139. The number of nitrogens with two attached hydrogens (primary N) is 2. The summed E-state index contributed by atoms with van der Waals surface area (Å²) in [5.74, 6) is 4.32. The molecule has 2 saturated carbocycles. The van der Waals surface area contributed by atoms with Crippen LogP contribution >= 0.6 is 0 Å². The van der Waals surface area contributed by atoms with Crippen LogP contribution in [0.25, 0.3) is 0 Å². The van der Waals surface area contributed by atoms with Gasteiger partial charge in [-0.3, -0.25) is 0 Å². The van der Waals surface area contributed by atoms with Gasteiger partial charge in [-0.05, 0) is 76.0 Å². The number of hydrogen-bond donors (Lipinski definition) is 3. The molecule has 5 N–H and O–H groups in total. The average molecular weight is 463 g/mol. The van der Waals surface area contributed by atoms with E-state index in [-0.39, 0.29) is 11.8 Å². The number of rotatable bonds is 9. The van der Waals surface area contributed by atoms with E-state index in [4.69, 9.17) is 11.6 Å². The maximum absolute atomic E-state index is 14.2. The standard InChI is InChI=1S/C26H40F2N4O/c1-24(2,33)26(27,28)17-8-12-21-13-14-22-19(11-7-16-25(21,22)3)15-18-32(30)31-23(29)20-9-5-4-6-10-20/h4-6,9-10,15,21-22,33H,7-8,11-14,16-18,30H2,1-3H3,(H2,29,31)/b19-15+. The molecular weight excluding hydrogens is 422 g/mol. The highest BCUT2D eigenvalue weighted by atomic mass is 19.3. The molecule has 33 heavy (non-hydrogen) atoms. The summed E-state index contributed by atoms with van der Waals surface area (Å²) in [6.45, 7) is 5.20. The molecule has 3 atom stereocenters. The molecule has 0 aliphatic heterocycles. The maximum Gasteiger partial charge on any atom is 0.275 e. The zero-order valence-corrected chi connectivity index (χ0v) is 20.2. The van der Waals surface area contributed by atoms with Gasteiger partial charge < -0.3 is 10.8 Å². The smallest absolute Gasteiger partial charge is 0.275 e. The first-order chi connectivity index (χ1) is 15.4. The second-order valence-electron chi connectivity index (χ2n) is 10.6. The summed E-state index contributed by atoms with van der Waals surface area (Å²) >= 11 is 0. The molecule has 184 valence electrons. The molecule has 0 aromatic heterocycles. The first-order valence-corrected chi connectivity index (χ1v) is 12.1. The van der Waals surface area contributed by atoms with Gasteiger partial charge in [-0.25, -0.2) is 19.7 Å². The van der Waals surface area contributed by atoms with E-state index in [1.165, 1.54) is 24.5 Å². The molecule has 2 aliphatic rings. The number of aliphatic hydroxyl groups is 1. The van der Waals surface area contributed by atoms with Crippen molar-refractivity contribution < 1.29 is 13.9 Å². The zero-order chi connectivity index (χ0) is 24.3. The fourth-order valence-corrected chi connectivity index (χ4v) is 5.80. The van der Waals surface area contributed by atoms with E-state index in [2.05, 4.69) is 18.1 Å². The van der Waals surface area contributed by atoms with Crippen LogP contribution in [0.2, 0.25) is 0 Å². The van der Waals surface area contributed by atoms with E-state index in [0.29, 0.717) is 30.6 Å². The second-order valence-corrected chi connectivity index (χ2v) is 10.6. The molecule has 0 saturated heterocycles. The fraction of sp³-hybridized carbons (Fsp3) is 0.654. The second kappa shape index (κ2) is 10.1. The molecule has 2 aliphatic carbocycles. The van der Waals surface area contributed by atoms with Crippen molar-refractivity contribution in [3.8, 4) is 0 Å². The minimum Gasteiger partial charge on any atom is -0.384 e. The molecule has 0 heterocycles. The molecule has 0 amide bonds. The van der Waals surface area contributed by atoms with Crippen LogP contribution < -0.4 is 11.6 Å². The van der Waals surface area contributed by atoms with Crippen molar-refractivity contribution in [3.05, 3.63) is 47.5 Å². The fourth-order valence-electron chi connectivity index (χ4n) is 5.80. The number of hydrogen-bond acceptors (Lipinski definition) is 4. The highest BCUT2D eigenvalue weighted by Crippen LogP contribution is 2.58. The van der Waals surface area contributed by atoms with Gasteiger partial charge in [0.15, 0.2) is 5.84 Å². The first-order valence-electron chi connectivity index (χ1n) is 12.1. The SMILES string of the molecule is CC12CCC/C(=C\CN(N)/N=C(\N)c3ccccc3)C1CCC2CCCC(F)(F)C(C)(C)O. The number of benzene rings is 1. The molecule has 5 nitrogen and oxygen atoms in total. The Kier molecular flexibility index (Phi) is 7.84. The summed E-state index contributed by atoms with van der Waals surface area (Å²) in [6.07, 6.45) is 8.60. The number of hydrazine groups is 1. The lowest BCUT2D eigenvalue weighted by atomic mass is 9.62. The Labute approximate surface area is 196 Å². The van der Waals surface area contributed by atoms with Gasteiger partial charge in [0.25, 0.3) is 5.92 Å². The number of halogens is 2. The third kappa shape index (κ3) is 5.93. The van der Waals surface area contributed by atoms with E-state index in [1.54, 1.807) is 0 Å². The number of nitrogens with zero attached hydrogens (tertiary/aromatic N) is 2. The minimum atomic E-state index is -3.06. The van der Waals surface area contributed by atoms with Crippen LogP contribution in [0, 0.1) is 17.3 Å². The van der Waals surface area contributed by atoms with Crippen LogP contribution in [0.3, 0.4) is 0 Å². The van der Waals surface area contributed by atoms with Gasteiger partial charge in [0, 0.05) is 12.0 Å². The third-order valence-corrected chi connectivity index (χ3v) is 7.95. The summed E-state index contributed by atoms with van der Waals surface area (Å²) < 4.78 is 28.3. The molecule has 3 rings (SSSR count). The summed E-state index contributed by atoms with van der Waals surface area (Å²) in [5, 5.41) is 15.4. The topological polar surface area (TPSA) is 87.9 Å². The summed E-state index contributed by atoms with van der Waals surface area (Å²) in [4.78, 5) is 0. The molecule has 0 spiro atoms. The summed E-state index contributed by atoms with van der Waals surface area (Å²) in [6, 6.07) is 9.54. The van der Waals surface area contributed by atoms with Gasteiger partial charge in [0.05, 0.1) is 6.54 Å². The zero-order valence-electron chi connectivity index (χ0n) is 20.2. The highest BCUT2D eigenvalue weighted by molar-refractivity contribution is 5.97. The Morgan fingerprint density at radius 2 is 1.97 bits per heavy atom. The van der Waals surface area contributed by atoms with Crippen molar-refractivity contribution in [3.63, 3.8) is 0 Å². The molecule has 0 radical (unpaired) electrons. The lowest BCUT2D eigenvalue weighted by Crippen LogP contribution is -2.42. The van der Waals surface area contributed by atoms with Crippen LogP contribution in [0.15, 0.2) is 47.1 Å². The van der Waals surface area contributed by atoms with E-state index in [1.807, 2.05) is 30.3 Å².